The van der Waals surface area contributed by atoms with Gasteiger partial charge in [-0.05, 0) is 73.2 Å². The minimum Gasteiger partial charge on any atom is -0.223 e. The minimum atomic E-state index is 0.796. The second-order valence-electron chi connectivity index (χ2n) is 14.8. The number of nitrogens with zero attached hydrogens (tertiary/aromatic N) is 3. The number of fused-ring (bicyclic) bond motifs is 3. The van der Waals surface area contributed by atoms with Crippen LogP contribution in [0.2, 0.25) is 0 Å². The SMILES string of the molecule is C1=[N+](c2ccccc2)CSc2ccccc21.Cc1cc2c(c(-c3ccccc3)c1)SC[N+](c1ccccc1)=C2.Cc1cccc2c1SC[N+](C1CCCCC1)=C2. The van der Waals surface area contributed by atoms with E-state index in [1.807, 2.05) is 35.3 Å². The molecule has 1 saturated carbocycles. The molecule has 0 radical (unpaired) electrons. The zero-order chi connectivity index (χ0) is 38.1. The van der Waals surface area contributed by atoms with Gasteiger partial charge in [0.15, 0.2) is 42.3 Å². The number of rotatable bonds is 4. The van der Waals surface area contributed by atoms with Gasteiger partial charge in [-0.1, -0.05) is 139 Å². The van der Waals surface area contributed by atoms with Crippen LogP contribution in [0, 0.1) is 13.8 Å². The lowest BCUT2D eigenvalue weighted by molar-refractivity contribution is -0.547. The molecule has 3 aliphatic heterocycles. The average molecular weight is 789 g/mol. The van der Waals surface area contributed by atoms with Crippen LogP contribution in [0.3, 0.4) is 0 Å². The number of hydrogen-bond donors (Lipinski definition) is 0. The summed E-state index contributed by atoms with van der Waals surface area (Å²) in [5.41, 5.74) is 11.9. The van der Waals surface area contributed by atoms with E-state index < -0.39 is 0 Å². The quantitative estimate of drug-likeness (QED) is 0.165. The van der Waals surface area contributed by atoms with Gasteiger partial charge in [-0.25, -0.2) is 4.58 Å². The van der Waals surface area contributed by atoms with E-state index in [0.717, 1.165) is 23.7 Å². The zero-order valence-corrected chi connectivity index (χ0v) is 34.8. The van der Waals surface area contributed by atoms with Crippen molar-refractivity contribution in [3.05, 3.63) is 173 Å². The van der Waals surface area contributed by atoms with Crippen LogP contribution in [-0.2, 0) is 0 Å². The van der Waals surface area contributed by atoms with Gasteiger partial charge >= 0.3 is 0 Å². The molecule has 280 valence electrons. The highest BCUT2D eigenvalue weighted by Gasteiger charge is 2.27. The van der Waals surface area contributed by atoms with Gasteiger partial charge in [0, 0.05) is 51.8 Å². The summed E-state index contributed by atoms with van der Waals surface area (Å²) in [6.45, 7) is 4.39. The fraction of sp³-hybridized carbons (Fsp3) is 0.220. The molecule has 3 heterocycles. The number of hydrogen-bond acceptors (Lipinski definition) is 3. The monoisotopic (exact) mass is 788 g/mol. The Morgan fingerprint density at radius 2 is 1.07 bits per heavy atom. The number of para-hydroxylation sites is 2. The predicted molar refractivity (Wildman–Crippen MR) is 242 cm³/mol. The van der Waals surface area contributed by atoms with E-state index in [0.29, 0.717) is 0 Å². The molecule has 4 aliphatic rings. The first-order chi connectivity index (χ1) is 27.6. The Bertz CT molecular complexity index is 2360. The molecule has 0 N–H and O–H groups in total. The van der Waals surface area contributed by atoms with Crippen LogP contribution in [0.1, 0.15) is 59.9 Å². The van der Waals surface area contributed by atoms with E-state index >= 15 is 0 Å². The summed E-state index contributed by atoms with van der Waals surface area (Å²) in [5.74, 6) is 3.07. The highest BCUT2D eigenvalue weighted by molar-refractivity contribution is 7.99. The van der Waals surface area contributed by atoms with Crippen molar-refractivity contribution in [2.45, 2.75) is 66.7 Å². The van der Waals surface area contributed by atoms with Crippen LogP contribution in [0.4, 0.5) is 11.4 Å². The van der Waals surface area contributed by atoms with Crippen molar-refractivity contribution in [3.8, 4) is 11.1 Å². The molecule has 6 aromatic rings. The number of thioether (sulfide) groups is 3. The van der Waals surface area contributed by atoms with E-state index in [1.54, 1.807) is 0 Å². The molecular formula is C50H50N3S3+3. The second-order valence-corrected chi connectivity index (χ2v) is 17.6. The van der Waals surface area contributed by atoms with E-state index in [2.05, 4.69) is 192 Å². The Kier molecular flexibility index (Phi) is 12.7. The summed E-state index contributed by atoms with van der Waals surface area (Å²) in [6.07, 6.45) is 13.9. The number of benzene rings is 6. The summed E-state index contributed by atoms with van der Waals surface area (Å²) in [4.78, 5) is 4.24. The topological polar surface area (TPSA) is 9.03 Å². The standard InChI is InChI=1S/C21H18NS.C15H20NS.C14H12NS/c1-16-12-18-14-22(19-10-6-3-7-11-19)15-23-21(18)20(13-16)17-8-4-2-5-9-17;1-12-6-5-7-13-10-16(11-17-15(12)13)14-8-3-2-4-9-14;1-2-7-13(8-3-1)15-10-12-6-4-5-9-14(12)16-11-15/h2-14H,15H2,1H3;5-7,10,14H,2-4,8-9,11H2,1H3;1-10H,11H2/q3*+1. The Balaban J connectivity index is 0.000000121. The van der Waals surface area contributed by atoms with Crippen LogP contribution in [0.15, 0.2) is 160 Å². The van der Waals surface area contributed by atoms with Crippen molar-refractivity contribution >= 4 is 65.3 Å². The van der Waals surface area contributed by atoms with Crippen LogP contribution in [-0.4, -0.2) is 56.0 Å². The predicted octanol–water partition coefficient (Wildman–Crippen LogP) is 12.8. The summed E-state index contributed by atoms with van der Waals surface area (Å²) in [5, 5.41) is 0. The van der Waals surface area contributed by atoms with E-state index in [4.69, 9.17) is 0 Å². The average Bonchev–Trinajstić information content (AvgIpc) is 3.27. The Morgan fingerprint density at radius 3 is 1.79 bits per heavy atom. The lowest BCUT2D eigenvalue weighted by atomic mass is 9.95. The molecule has 3 nitrogen and oxygen atoms in total. The first kappa shape index (κ1) is 38.3. The minimum absolute atomic E-state index is 0.796. The van der Waals surface area contributed by atoms with Crippen LogP contribution < -0.4 is 0 Å². The molecule has 0 unspecified atom stereocenters. The van der Waals surface area contributed by atoms with Gasteiger partial charge in [-0.3, -0.25) is 0 Å². The Labute approximate surface area is 345 Å². The van der Waals surface area contributed by atoms with Crippen molar-refractivity contribution in [2.24, 2.45) is 0 Å². The second kappa shape index (κ2) is 18.5. The molecule has 10 rings (SSSR count). The highest BCUT2D eigenvalue weighted by atomic mass is 32.2. The molecule has 0 atom stereocenters. The molecule has 0 spiro atoms. The van der Waals surface area contributed by atoms with Gasteiger partial charge in [0.25, 0.3) is 0 Å². The normalized spacial score (nSPS) is 15.9. The van der Waals surface area contributed by atoms with E-state index in [1.165, 1.54) is 97.1 Å². The van der Waals surface area contributed by atoms with Gasteiger partial charge in [0.2, 0.25) is 11.4 Å². The van der Waals surface area contributed by atoms with Crippen LogP contribution >= 0.6 is 35.3 Å². The number of aryl methyl sites for hydroxylation is 2. The lowest BCUT2D eigenvalue weighted by Crippen LogP contribution is -2.31. The third-order valence-corrected chi connectivity index (χ3v) is 14.2. The highest BCUT2D eigenvalue weighted by Crippen LogP contribution is 2.38. The fourth-order valence-corrected chi connectivity index (χ4v) is 11.0. The molecule has 6 heteroatoms. The van der Waals surface area contributed by atoms with Gasteiger partial charge in [-0.2, -0.15) is 9.15 Å². The fourth-order valence-electron chi connectivity index (χ4n) is 7.78. The Morgan fingerprint density at radius 1 is 0.482 bits per heavy atom. The summed E-state index contributed by atoms with van der Waals surface area (Å²) < 4.78 is 7.18. The zero-order valence-electron chi connectivity index (χ0n) is 32.4. The summed E-state index contributed by atoms with van der Waals surface area (Å²) >= 11 is 5.81. The van der Waals surface area contributed by atoms with Crippen molar-refractivity contribution in [1.29, 1.82) is 0 Å². The molecule has 0 aromatic heterocycles. The maximum atomic E-state index is 2.58. The van der Waals surface area contributed by atoms with E-state index in [9.17, 15) is 0 Å². The van der Waals surface area contributed by atoms with Gasteiger partial charge in [0.05, 0.1) is 16.7 Å². The van der Waals surface area contributed by atoms with Crippen molar-refractivity contribution in [1.82, 2.24) is 0 Å². The molecule has 0 amide bonds. The molecule has 0 bridgehead atoms. The first-order valence-electron chi connectivity index (χ1n) is 19.8. The third-order valence-electron chi connectivity index (χ3n) is 10.7. The summed E-state index contributed by atoms with van der Waals surface area (Å²) in [7, 11) is 0. The van der Waals surface area contributed by atoms with E-state index in [-0.39, 0.29) is 0 Å². The van der Waals surface area contributed by atoms with Gasteiger partial charge in [0.1, 0.15) is 0 Å². The van der Waals surface area contributed by atoms with Crippen molar-refractivity contribution in [2.75, 3.05) is 17.6 Å². The third kappa shape index (κ3) is 9.32. The Hall–Kier alpha value is -4.62. The smallest absolute Gasteiger partial charge is 0.205 e. The molecule has 1 aliphatic carbocycles. The van der Waals surface area contributed by atoms with Crippen molar-refractivity contribution in [3.63, 3.8) is 0 Å². The van der Waals surface area contributed by atoms with Crippen LogP contribution in [0.5, 0.6) is 0 Å². The van der Waals surface area contributed by atoms with Gasteiger partial charge in [-0.15, -0.1) is 0 Å². The maximum absolute atomic E-state index is 2.58. The van der Waals surface area contributed by atoms with Crippen LogP contribution in [0.25, 0.3) is 11.1 Å². The maximum Gasteiger partial charge on any atom is 0.205 e. The largest absolute Gasteiger partial charge is 0.223 e. The summed E-state index contributed by atoms with van der Waals surface area (Å²) in [6, 6.07) is 52.3. The van der Waals surface area contributed by atoms with Crippen molar-refractivity contribution < 1.29 is 13.7 Å². The first-order valence-corrected chi connectivity index (χ1v) is 22.8. The molecule has 1 fully saturated rings. The molecule has 0 saturated heterocycles. The van der Waals surface area contributed by atoms with Gasteiger partial charge < -0.3 is 0 Å². The lowest BCUT2D eigenvalue weighted by Gasteiger charge is -2.23. The molecule has 6 aromatic carbocycles. The molecule has 56 heavy (non-hydrogen) atoms. The molecular weight excluding hydrogens is 739 g/mol.